The Kier molecular flexibility index (Phi) is 6.54. The van der Waals surface area contributed by atoms with Crippen molar-refractivity contribution in [3.8, 4) is 0 Å². The van der Waals surface area contributed by atoms with Gasteiger partial charge in [0.2, 0.25) is 15.9 Å². The van der Waals surface area contributed by atoms with E-state index < -0.39 is 16.1 Å². The minimum absolute atomic E-state index is 0.315. The minimum Gasteiger partial charge on any atom is -0.324 e. The molecule has 7 heteroatoms. The fourth-order valence-electron chi connectivity index (χ4n) is 3.05. The van der Waals surface area contributed by atoms with Crippen molar-refractivity contribution in [1.29, 1.82) is 0 Å². The number of nitrogens with one attached hydrogen (secondary N) is 1. The fraction of sp³-hybridized carbons (Fsp3) is 0.350. The normalized spacial score (nSPS) is 12.5. The van der Waals surface area contributed by atoms with Crippen molar-refractivity contribution in [2.45, 2.75) is 40.2 Å². The monoisotopic (exact) mass is 408 g/mol. The molecule has 0 spiro atoms. The van der Waals surface area contributed by atoms with Crippen LogP contribution >= 0.6 is 11.6 Å². The maximum absolute atomic E-state index is 12.9. The van der Waals surface area contributed by atoms with Crippen molar-refractivity contribution in [3.63, 3.8) is 0 Å². The lowest BCUT2D eigenvalue weighted by Gasteiger charge is -2.30. The van der Waals surface area contributed by atoms with Gasteiger partial charge in [-0.2, -0.15) is 0 Å². The Morgan fingerprint density at radius 3 is 2.19 bits per heavy atom. The number of halogens is 1. The van der Waals surface area contributed by atoms with Gasteiger partial charge in [0.15, 0.2) is 0 Å². The number of hydrogen-bond donors (Lipinski definition) is 1. The van der Waals surface area contributed by atoms with Crippen LogP contribution in [0.2, 0.25) is 5.02 Å². The molecule has 0 saturated carbocycles. The van der Waals surface area contributed by atoms with Gasteiger partial charge in [-0.25, -0.2) is 8.42 Å². The topological polar surface area (TPSA) is 66.5 Å². The van der Waals surface area contributed by atoms with E-state index in [-0.39, 0.29) is 5.91 Å². The van der Waals surface area contributed by atoms with E-state index in [1.807, 2.05) is 39.0 Å². The Labute approximate surface area is 166 Å². The molecule has 146 valence electrons. The first-order valence-corrected chi connectivity index (χ1v) is 10.9. The van der Waals surface area contributed by atoms with Gasteiger partial charge in [-0.3, -0.25) is 9.10 Å². The van der Waals surface area contributed by atoms with Crippen LogP contribution in [0.5, 0.6) is 0 Å². The number of nitrogens with zero attached hydrogens (tertiary/aromatic N) is 1. The third-order valence-electron chi connectivity index (χ3n) is 4.23. The Bertz CT molecular complexity index is 937. The Morgan fingerprint density at radius 2 is 1.70 bits per heavy atom. The second-order valence-electron chi connectivity index (χ2n) is 6.78. The molecule has 5 nitrogen and oxygen atoms in total. The largest absolute Gasteiger partial charge is 0.324 e. The van der Waals surface area contributed by atoms with Gasteiger partial charge in [-0.05, 0) is 68.1 Å². The van der Waals surface area contributed by atoms with Crippen molar-refractivity contribution in [1.82, 2.24) is 0 Å². The molecule has 1 atom stereocenters. The lowest BCUT2D eigenvalue weighted by molar-refractivity contribution is -0.117. The zero-order chi connectivity index (χ0) is 20.4. The van der Waals surface area contributed by atoms with Crippen LogP contribution in [-0.2, 0) is 14.8 Å². The molecule has 0 aliphatic heterocycles. The minimum atomic E-state index is -3.70. The first-order valence-electron chi connectivity index (χ1n) is 8.67. The van der Waals surface area contributed by atoms with Crippen LogP contribution in [0.1, 0.15) is 30.0 Å². The fourth-order valence-corrected chi connectivity index (χ4v) is 4.43. The quantitative estimate of drug-likeness (QED) is 0.767. The second-order valence-corrected chi connectivity index (χ2v) is 9.05. The maximum Gasteiger partial charge on any atom is 0.248 e. The molecular weight excluding hydrogens is 384 g/mol. The van der Waals surface area contributed by atoms with Gasteiger partial charge in [-0.1, -0.05) is 30.7 Å². The number of rotatable bonds is 6. The molecule has 0 aromatic heterocycles. The van der Waals surface area contributed by atoms with Crippen molar-refractivity contribution in [2.24, 2.45) is 0 Å². The van der Waals surface area contributed by atoms with Crippen LogP contribution in [0.15, 0.2) is 36.4 Å². The number of amides is 1. The Hall–Kier alpha value is -2.05. The van der Waals surface area contributed by atoms with Crippen molar-refractivity contribution in [3.05, 3.63) is 58.1 Å². The molecule has 2 aromatic carbocycles. The highest BCUT2D eigenvalue weighted by molar-refractivity contribution is 7.92. The highest BCUT2D eigenvalue weighted by Gasteiger charge is 2.31. The molecule has 2 aromatic rings. The predicted octanol–water partition coefficient (Wildman–Crippen LogP) is 4.45. The van der Waals surface area contributed by atoms with Crippen LogP contribution in [0, 0.1) is 20.8 Å². The zero-order valence-corrected chi connectivity index (χ0v) is 17.8. The first kappa shape index (κ1) is 21.3. The molecule has 1 amide bonds. The second kappa shape index (κ2) is 8.31. The van der Waals surface area contributed by atoms with Gasteiger partial charge in [0.1, 0.15) is 6.04 Å². The third-order valence-corrected chi connectivity index (χ3v) is 5.82. The van der Waals surface area contributed by atoms with Crippen molar-refractivity contribution < 1.29 is 13.2 Å². The zero-order valence-electron chi connectivity index (χ0n) is 16.2. The highest BCUT2D eigenvalue weighted by Crippen LogP contribution is 2.28. The third kappa shape index (κ3) is 5.23. The summed E-state index contributed by atoms with van der Waals surface area (Å²) >= 11 is 6.18. The van der Waals surface area contributed by atoms with Gasteiger partial charge >= 0.3 is 0 Å². The Balaban J connectivity index is 2.42. The molecule has 0 heterocycles. The molecule has 0 bridgehead atoms. The molecule has 1 N–H and O–H groups in total. The van der Waals surface area contributed by atoms with Gasteiger partial charge in [0.25, 0.3) is 0 Å². The Morgan fingerprint density at radius 1 is 1.11 bits per heavy atom. The molecule has 0 unspecified atom stereocenters. The number of carbonyl (C=O) groups excluding carboxylic acids is 1. The molecule has 0 aliphatic carbocycles. The summed E-state index contributed by atoms with van der Waals surface area (Å²) in [6.45, 7) is 7.49. The van der Waals surface area contributed by atoms with Gasteiger partial charge < -0.3 is 5.32 Å². The van der Waals surface area contributed by atoms with Crippen LogP contribution in [0.4, 0.5) is 11.4 Å². The van der Waals surface area contributed by atoms with E-state index in [1.54, 1.807) is 25.1 Å². The van der Waals surface area contributed by atoms with E-state index in [4.69, 9.17) is 11.6 Å². The van der Waals surface area contributed by atoms with E-state index in [9.17, 15) is 13.2 Å². The van der Waals surface area contributed by atoms with E-state index in [0.29, 0.717) is 22.8 Å². The average molecular weight is 409 g/mol. The van der Waals surface area contributed by atoms with E-state index >= 15 is 0 Å². The molecule has 27 heavy (non-hydrogen) atoms. The molecule has 0 aliphatic rings. The summed E-state index contributed by atoms with van der Waals surface area (Å²) in [6.07, 6.45) is 1.41. The number of sulfonamides is 1. The summed E-state index contributed by atoms with van der Waals surface area (Å²) in [6, 6.07) is 9.80. The first-order chi connectivity index (χ1) is 12.5. The van der Waals surface area contributed by atoms with Gasteiger partial charge in [-0.15, -0.1) is 0 Å². The molecule has 0 radical (unpaired) electrons. The van der Waals surface area contributed by atoms with Crippen LogP contribution < -0.4 is 9.62 Å². The molecule has 0 saturated heterocycles. The summed E-state index contributed by atoms with van der Waals surface area (Å²) in [5.41, 5.74) is 3.88. The van der Waals surface area contributed by atoms with Crippen LogP contribution in [0.25, 0.3) is 0 Å². The standard InChI is InChI=1S/C20H25ClN2O3S/c1-6-19(20(24)22-16-10-13(2)9-14(3)11-16)23(27(5,25)26)17-8-7-15(4)18(21)12-17/h7-12,19H,6H2,1-5H3,(H,22,24)/t19-/m0/s1. The summed E-state index contributed by atoms with van der Waals surface area (Å²) < 4.78 is 26.1. The summed E-state index contributed by atoms with van der Waals surface area (Å²) in [5, 5.41) is 3.29. The number of carbonyl (C=O) groups is 1. The van der Waals surface area contributed by atoms with Crippen molar-refractivity contribution in [2.75, 3.05) is 15.9 Å². The SMILES string of the molecule is CC[C@@H](C(=O)Nc1cc(C)cc(C)c1)N(c1ccc(C)c(Cl)c1)S(C)(=O)=O. The maximum atomic E-state index is 12.9. The average Bonchev–Trinajstić information content (AvgIpc) is 2.53. The highest BCUT2D eigenvalue weighted by atomic mass is 35.5. The van der Waals surface area contributed by atoms with Crippen LogP contribution in [-0.4, -0.2) is 26.6 Å². The number of hydrogen-bond acceptors (Lipinski definition) is 3. The number of aryl methyl sites for hydroxylation is 3. The number of benzene rings is 2. The van der Waals surface area contributed by atoms with E-state index in [2.05, 4.69) is 5.32 Å². The van der Waals surface area contributed by atoms with E-state index in [0.717, 1.165) is 27.3 Å². The molecule has 2 rings (SSSR count). The lowest BCUT2D eigenvalue weighted by Crippen LogP contribution is -2.47. The summed E-state index contributed by atoms with van der Waals surface area (Å²) in [5.74, 6) is -0.385. The van der Waals surface area contributed by atoms with Crippen molar-refractivity contribution >= 4 is 38.9 Å². The van der Waals surface area contributed by atoms with E-state index in [1.165, 1.54) is 0 Å². The van der Waals surface area contributed by atoms with Crippen LogP contribution in [0.3, 0.4) is 0 Å². The number of anilines is 2. The van der Waals surface area contributed by atoms with Gasteiger partial charge in [0, 0.05) is 10.7 Å². The molecular formula is C20H25ClN2O3S. The van der Waals surface area contributed by atoms with Gasteiger partial charge in [0.05, 0.1) is 11.9 Å². The summed E-state index contributed by atoms with van der Waals surface area (Å²) in [4.78, 5) is 12.9. The predicted molar refractivity (Wildman–Crippen MR) is 112 cm³/mol. The lowest BCUT2D eigenvalue weighted by atomic mass is 10.1. The molecule has 0 fully saturated rings. The smallest absolute Gasteiger partial charge is 0.248 e. The summed E-state index contributed by atoms with van der Waals surface area (Å²) in [7, 11) is -3.70.